The van der Waals surface area contributed by atoms with Crippen LogP contribution in [0.5, 0.6) is 0 Å². The number of carbonyl (C=O) groups is 3. The number of anilines is 1. The van der Waals surface area contributed by atoms with E-state index < -0.39 is 11.6 Å². The largest absolute Gasteiger partial charge is 0.466 e. The molecule has 1 aromatic rings. The van der Waals surface area contributed by atoms with Crippen LogP contribution < -0.4 is 27.9 Å². The van der Waals surface area contributed by atoms with Crippen LogP contribution in [-0.2, 0) is 28.5 Å². The second-order valence-corrected chi connectivity index (χ2v) is 10.6. The maximum Gasteiger partial charge on any atom is 0.320 e. The third-order valence-corrected chi connectivity index (χ3v) is 6.62. The van der Waals surface area contributed by atoms with Crippen molar-refractivity contribution in [2.45, 2.75) is 39.2 Å². The van der Waals surface area contributed by atoms with Gasteiger partial charge < -0.3 is 51.0 Å². The number of nitrogens with one attached hydrogen (secondary N) is 2. The Balaban J connectivity index is 1.78. The fourth-order valence-corrected chi connectivity index (χ4v) is 4.36. The molecule has 0 spiro atoms. The molecule has 2 rings (SSSR count). The summed E-state index contributed by atoms with van der Waals surface area (Å²) < 4.78 is 21.2. The average Bonchev–Trinajstić information content (AvgIpc) is 2.97. The molecule has 1 fully saturated rings. The van der Waals surface area contributed by atoms with Gasteiger partial charge in [0.1, 0.15) is 5.54 Å². The zero-order valence-electron chi connectivity index (χ0n) is 25.6. The van der Waals surface area contributed by atoms with E-state index in [2.05, 4.69) is 10.6 Å². The average molecular weight is 608 g/mol. The van der Waals surface area contributed by atoms with Crippen molar-refractivity contribution in [3.8, 4) is 0 Å². The van der Waals surface area contributed by atoms with Crippen LogP contribution in [0.3, 0.4) is 0 Å². The number of hydrogen-bond donors (Lipinski definition) is 5. The Labute approximate surface area is 254 Å². The van der Waals surface area contributed by atoms with Crippen LogP contribution in [0.1, 0.15) is 39.2 Å². The van der Waals surface area contributed by atoms with E-state index in [1.807, 2.05) is 0 Å². The molecule has 1 heterocycles. The van der Waals surface area contributed by atoms with Gasteiger partial charge in [0.2, 0.25) is 5.91 Å². The van der Waals surface area contributed by atoms with Gasteiger partial charge in [0.15, 0.2) is 0 Å². The molecule has 0 saturated carbocycles. The molecule has 0 radical (unpaired) electrons. The third kappa shape index (κ3) is 13.2. The number of urea groups is 1. The molecule has 0 atom stereocenters. The second-order valence-electron chi connectivity index (χ2n) is 10.6. The first-order valence-corrected chi connectivity index (χ1v) is 14.6. The Hall–Kier alpha value is -3.43. The SMILES string of the molecule is CCOC(=O)C1CCN(C(=O)C(C)(C)NC(=O)Nc2cccc(/C(N)=C/N(N)CCOCCOCCOCCN)c2)CC1. The Bertz CT molecular complexity index is 1050. The van der Waals surface area contributed by atoms with Crippen molar-refractivity contribution in [2.24, 2.45) is 23.2 Å². The van der Waals surface area contributed by atoms with Crippen LogP contribution in [0.15, 0.2) is 30.5 Å². The van der Waals surface area contributed by atoms with E-state index in [9.17, 15) is 14.4 Å². The van der Waals surface area contributed by atoms with Crippen molar-refractivity contribution in [1.82, 2.24) is 15.2 Å². The number of piperidine rings is 1. The van der Waals surface area contributed by atoms with Crippen molar-refractivity contribution in [2.75, 3.05) is 77.7 Å². The standard InChI is InChI=1S/C29H49N7O7/c1-4-43-26(37)22-8-11-35(12-9-22)27(38)29(2,3)34-28(39)33-24-7-5-6-23(20-24)25(31)21-36(32)13-15-41-17-19-42-18-16-40-14-10-30/h5-7,20-22H,4,8-19,30-32H2,1-3H3,(H2,33,34,39)/b25-21-. The first-order valence-electron chi connectivity index (χ1n) is 14.6. The molecule has 8 N–H and O–H groups in total. The number of amides is 3. The molecule has 0 bridgehead atoms. The van der Waals surface area contributed by atoms with E-state index >= 15 is 0 Å². The van der Waals surface area contributed by atoms with E-state index in [0.29, 0.717) is 102 Å². The summed E-state index contributed by atoms with van der Waals surface area (Å²) in [4.78, 5) is 39.6. The van der Waals surface area contributed by atoms with Crippen molar-refractivity contribution >= 4 is 29.3 Å². The Kier molecular flexibility index (Phi) is 15.8. The lowest BCUT2D eigenvalue weighted by molar-refractivity contribution is -0.152. The number of nitrogens with two attached hydrogens (primary N) is 3. The number of esters is 1. The monoisotopic (exact) mass is 607 g/mol. The van der Waals surface area contributed by atoms with Crippen molar-refractivity contribution in [1.29, 1.82) is 0 Å². The fraction of sp³-hybridized carbons (Fsp3) is 0.621. The molecular formula is C29H49N7O7. The summed E-state index contributed by atoms with van der Waals surface area (Å²) >= 11 is 0. The lowest BCUT2D eigenvalue weighted by Gasteiger charge is -2.36. The maximum absolute atomic E-state index is 13.1. The molecule has 242 valence electrons. The minimum absolute atomic E-state index is 0.208. The van der Waals surface area contributed by atoms with E-state index in [4.69, 9.17) is 36.3 Å². The van der Waals surface area contributed by atoms with Crippen LogP contribution >= 0.6 is 0 Å². The number of nitrogens with zero attached hydrogens (tertiary/aromatic N) is 2. The normalized spacial score (nSPS) is 14.3. The Morgan fingerprint density at radius 3 is 2.30 bits per heavy atom. The highest BCUT2D eigenvalue weighted by Crippen LogP contribution is 2.22. The maximum atomic E-state index is 13.1. The van der Waals surface area contributed by atoms with Gasteiger partial charge in [-0.25, -0.2) is 10.6 Å². The van der Waals surface area contributed by atoms with Gasteiger partial charge >= 0.3 is 12.0 Å². The number of hydrogen-bond acceptors (Lipinski definition) is 11. The number of ether oxygens (including phenoxy) is 4. The fourth-order valence-electron chi connectivity index (χ4n) is 4.36. The van der Waals surface area contributed by atoms with Crippen molar-refractivity contribution in [3.63, 3.8) is 0 Å². The molecule has 1 aliphatic rings. The molecule has 1 aliphatic heterocycles. The Morgan fingerprint density at radius 1 is 1.05 bits per heavy atom. The van der Waals surface area contributed by atoms with Gasteiger partial charge in [0, 0.05) is 37.1 Å². The van der Waals surface area contributed by atoms with Gasteiger partial charge in [0.05, 0.1) is 64.4 Å². The summed E-state index contributed by atoms with van der Waals surface area (Å²) in [7, 11) is 0. The molecule has 14 heteroatoms. The highest BCUT2D eigenvalue weighted by Gasteiger charge is 2.36. The summed E-state index contributed by atoms with van der Waals surface area (Å²) in [6, 6.07) is 6.43. The molecular weight excluding hydrogens is 558 g/mol. The molecule has 1 aromatic carbocycles. The lowest BCUT2D eigenvalue weighted by Crippen LogP contribution is -2.58. The number of hydrazine groups is 1. The second kappa shape index (κ2) is 19.0. The molecule has 0 unspecified atom stereocenters. The summed E-state index contributed by atoms with van der Waals surface area (Å²) in [5.41, 5.74) is 12.0. The number of likely N-dealkylation sites (tertiary alicyclic amines) is 1. The van der Waals surface area contributed by atoms with Gasteiger partial charge in [-0.3, -0.25) is 9.59 Å². The zero-order valence-corrected chi connectivity index (χ0v) is 25.6. The van der Waals surface area contributed by atoms with E-state index in [0.717, 1.165) is 0 Å². The van der Waals surface area contributed by atoms with Crippen molar-refractivity contribution in [3.05, 3.63) is 36.0 Å². The van der Waals surface area contributed by atoms with Crippen LogP contribution in [0, 0.1) is 5.92 Å². The van der Waals surface area contributed by atoms with Crippen molar-refractivity contribution < 1.29 is 33.3 Å². The molecule has 0 aromatic heterocycles. The van der Waals surface area contributed by atoms with Gasteiger partial charge in [-0.1, -0.05) is 12.1 Å². The summed E-state index contributed by atoms with van der Waals surface area (Å²) in [5, 5.41) is 6.93. The van der Waals surface area contributed by atoms with Crippen LogP contribution in [0.2, 0.25) is 0 Å². The van der Waals surface area contributed by atoms with Crippen LogP contribution in [0.4, 0.5) is 10.5 Å². The zero-order chi connectivity index (χ0) is 31.7. The molecule has 14 nitrogen and oxygen atoms in total. The predicted octanol–water partition coefficient (Wildman–Crippen LogP) is 0.830. The minimum atomic E-state index is -1.16. The topological polar surface area (TPSA) is 197 Å². The van der Waals surface area contributed by atoms with Gasteiger partial charge in [-0.15, -0.1) is 0 Å². The van der Waals surface area contributed by atoms with Gasteiger partial charge in [-0.2, -0.15) is 0 Å². The minimum Gasteiger partial charge on any atom is -0.466 e. The van der Waals surface area contributed by atoms with Crippen LogP contribution in [0.25, 0.3) is 5.70 Å². The Morgan fingerprint density at radius 2 is 1.67 bits per heavy atom. The number of benzene rings is 1. The first-order chi connectivity index (χ1) is 20.6. The number of rotatable bonds is 18. The van der Waals surface area contributed by atoms with Crippen LogP contribution in [-0.4, -0.2) is 106 Å². The van der Waals surface area contributed by atoms with Gasteiger partial charge in [0.25, 0.3) is 0 Å². The summed E-state index contributed by atoms with van der Waals surface area (Å²) in [5.74, 6) is 5.38. The molecule has 0 aliphatic carbocycles. The highest BCUT2D eigenvalue weighted by molar-refractivity contribution is 5.96. The highest BCUT2D eigenvalue weighted by atomic mass is 16.5. The summed E-state index contributed by atoms with van der Waals surface area (Å²) in [6.07, 6.45) is 2.65. The molecule has 3 amide bonds. The predicted molar refractivity (Wildman–Crippen MR) is 163 cm³/mol. The quantitative estimate of drug-likeness (QED) is 0.0686. The van der Waals surface area contributed by atoms with Gasteiger partial charge in [-0.05, 0) is 45.7 Å². The van der Waals surface area contributed by atoms with E-state index in [1.54, 1.807) is 56.1 Å². The third-order valence-electron chi connectivity index (χ3n) is 6.62. The molecule has 1 saturated heterocycles. The lowest BCUT2D eigenvalue weighted by atomic mass is 9.94. The van der Waals surface area contributed by atoms with E-state index in [-0.39, 0.29) is 17.8 Å². The summed E-state index contributed by atoms with van der Waals surface area (Å²) in [6.45, 7) is 9.90. The first kappa shape index (κ1) is 35.8. The number of carbonyl (C=O) groups excluding carboxylic acids is 3. The molecule has 43 heavy (non-hydrogen) atoms. The smallest absolute Gasteiger partial charge is 0.320 e. The van der Waals surface area contributed by atoms with E-state index in [1.165, 1.54) is 5.01 Å².